The SMILES string of the molecule is CCC(CBr)CN(C)C(CC)CSC. The molecule has 0 radical (unpaired) electrons. The minimum absolute atomic E-state index is 0.748. The molecule has 3 heteroatoms. The van der Waals surface area contributed by atoms with E-state index in [4.69, 9.17) is 0 Å². The summed E-state index contributed by atoms with van der Waals surface area (Å²) < 4.78 is 0. The maximum Gasteiger partial charge on any atom is 0.0180 e. The van der Waals surface area contributed by atoms with Crippen LogP contribution in [0.25, 0.3) is 0 Å². The highest BCUT2D eigenvalue weighted by molar-refractivity contribution is 9.09. The molecular weight excluding hydrogens is 258 g/mol. The number of thioether (sulfide) groups is 1. The summed E-state index contributed by atoms with van der Waals surface area (Å²) in [4.78, 5) is 2.52. The van der Waals surface area contributed by atoms with E-state index in [-0.39, 0.29) is 0 Å². The number of rotatable bonds is 8. The summed E-state index contributed by atoms with van der Waals surface area (Å²) in [6.07, 6.45) is 4.72. The zero-order valence-electron chi connectivity index (χ0n) is 9.92. The van der Waals surface area contributed by atoms with E-state index in [1.807, 2.05) is 11.8 Å². The smallest absolute Gasteiger partial charge is 0.0180 e. The molecule has 1 nitrogen and oxygen atoms in total. The van der Waals surface area contributed by atoms with Gasteiger partial charge in [-0.2, -0.15) is 11.8 Å². The average molecular weight is 282 g/mol. The lowest BCUT2D eigenvalue weighted by Gasteiger charge is -2.29. The monoisotopic (exact) mass is 281 g/mol. The summed E-state index contributed by atoms with van der Waals surface area (Å²) in [5.41, 5.74) is 0. The molecule has 2 atom stereocenters. The van der Waals surface area contributed by atoms with Crippen molar-refractivity contribution in [1.82, 2.24) is 4.90 Å². The van der Waals surface area contributed by atoms with Gasteiger partial charge in [-0.05, 0) is 25.6 Å². The third-order valence-electron chi connectivity index (χ3n) is 2.80. The van der Waals surface area contributed by atoms with Crippen molar-refractivity contribution in [2.75, 3.05) is 30.9 Å². The summed E-state index contributed by atoms with van der Waals surface area (Å²) in [5, 5.41) is 1.13. The molecule has 0 aliphatic heterocycles. The Morgan fingerprint density at radius 2 is 1.93 bits per heavy atom. The van der Waals surface area contributed by atoms with Gasteiger partial charge in [-0.25, -0.2) is 0 Å². The summed E-state index contributed by atoms with van der Waals surface area (Å²) in [5.74, 6) is 2.06. The first-order valence-electron chi connectivity index (χ1n) is 5.44. The summed E-state index contributed by atoms with van der Waals surface area (Å²) in [6, 6.07) is 0.748. The Balaban J connectivity index is 3.94. The molecule has 0 spiro atoms. The first-order valence-corrected chi connectivity index (χ1v) is 7.96. The van der Waals surface area contributed by atoms with Crippen LogP contribution in [0.1, 0.15) is 26.7 Å². The topological polar surface area (TPSA) is 3.24 Å². The van der Waals surface area contributed by atoms with Crippen LogP contribution in [0, 0.1) is 5.92 Å². The number of alkyl halides is 1. The van der Waals surface area contributed by atoms with Gasteiger partial charge in [-0.1, -0.05) is 36.2 Å². The standard InChI is InChI=1S/C11H24BrNS/c1-5-10(7-12)8-13(3)11(6-2)9-14-4/h10-11H,5-9H2,1-4H3. The van der Waals surface area contributed by atoms with Gasteiger partial charge in [0, 0.05) is 23.7 Å². The van der Waals surface area contributed by atoms with Gasteiger partial charge in [0.25, 0.3) is 0 Å². The van der Waals surface area contributed by atoms with Gasteiger partial charge in [-0.15, -0.1) is 0 Å². The van der Waals surface area contributed by atoms with Crippen LogP contribution in [0.2, 0.25) is 0 Å². The van der Waals surface area contributed by atoms with Gasteiger partial charge >= 0.3 is 0 Å². The fourth-order valence-electron chi connectivity index (χ4n) is 1.59. The Morgan fingerprint density at radius 1 is 1.29 bits per heavy atom. The molecule has 0 aromatic rings. The van der Waals surface area contributed by atoms with Crippen LogP contribution in [0.3, 0.4) is 0 Å². The minimum atomic E-state index is 0.748. The van der Waals surface area contributed by atoms with Crippen molar-refractivity contribution in [1.29, 1.82) is 0 Å². The molecule has 86 valence electrons. The maximum atomic E-state index is 3.58. The van der Waals surface area contributed by atoms with Crippen LogP contribution in [0.4, 0.5) is 0 Å². The molecule has 0 heterocycles. The van der Waals surface area contributed by atoms with Crippen LogP contribution in [0.5, 0.6) is 0 Å². The Hall–Kier alpha value is 0.790. The van der Waals surface area contributed by atoms with Crippen molar-refractivity contribution >= 4 is 27.7 Å². The molecule has 0 saturated carbocycles. The predicted octanol–water partition coefficient (Wildman–Crippen LogP) is 3.48. The molecule has 0 aliphatic rings. The minimum Gasteiger partial charge on any atom is -0.302 e. The predicted molar refractivity (Wildman–Crippen MR) is 72.7 cm³/mol. The number of hydrogen-bond donors (Lipinski definition) is 0. The molecule has 0 aromatic heterocycles. The molecule has 2 unspecified atom stereocenters. The highest BCUT2D eigenvalue weighted by atomic mass is 79.9. The Labute approximate surface area is 102 Å². The van der Waals surface area contributed by atoms with E-state index in [0.29, 0.717) is 0 Å². The van der Waals surface area contributed by atoms with Crippen LogP contribution in [0.15, 0.2) is 0 Å². The van der Waals surface area contributed by atoms with Gasteiger partial charge in [0.15, 0.2) is 0 Å². The van der Waals surface area contributed by atoms with Crippen molar-refractivity contribution in [3.05, 3.63) is 0 Å². The van der Waals surface area contributed by atoms with E-state index in [9.17, 15) is 0 Å². The molecular formula is C11H24BrNS. The van der Waals surface area contributed by atoms with Crippen molar-refractivity contribution < 1.29 is 0 Å². The van der Waals surface area contributed by atoms with Crippen molar-refractivity contribution in [3.8, 4) is 0 Å². The van der Waals surface area contributed by atoms with Crippen LogP contribution in [-0.4, -0.2) is 41.9 Å². The number of nitrogens with zero attached hydrogens (tertiary/aromatic N) is 1. The van der Waals surface area contributed by atoms with Gasteiger partial charge in [0.2, 0.25) is 0 Å². The lowest BCUT2D eigenvalue weighted by Crippen LogP contribution is -2.37. The molecule has 0 rings (SSSR count). The van der Waals surface area contributed by atoms with E-state index >= 15 is 0 Å². The first-order chi connectivity index (χ1) is 6.69. The quantitative estimate of drug-likeness (QED) is 0.627. The lowest BCUT2D eigenvalue weighted by molar-refractivity contribution is 0.223. The van der Waals surface area contributed by atoms with Crippen LogP contribution >= 0.6 is 27.7 Å². The fourth-order valence-corrected chi connectivity index (χ4v) is 3.13. The van der Waals surface area contributed by atoms with E-state index in [1.54, 1.807) is 0 Å². The van der Waals surface area contributed by atoms with E-state index in [1.165, 1.54) is 25.1 Å². The van der Waals surface area contributed by atoms with Crippen molar-refractivity contribution in [3.63, 3.8) is 0 Å². The van der Waals surface area contributed by atoms with Crippen molar-refractivity contribution in [2.24, 2.45) is 5.92 Å². The summed E-state index contributed by atoms with van der Waals surface area (Å²) >= 11 is 5.53. The van der Waals surface area contributed by atoms with Gasteiger partial charge < -0.3 is 4.90 Å². The zero-order valence-corrected chi connectivity index (χ0v) is 12.3. The molecule has 14 heavy (non-hydrogen) atoms. The second-order valence-corrected chi connectivity index (χ2v) is 5.44. The molecule has 0 aromatic carbocycles. The highest BCUT2D eigenvalue weighted by Crippen LogP contribution is 2.13. The van der Waals surface area contributed by atoms with Crippen molar-refractivity contribution in [2.45, 2.75) is 32.7 Å². The van der Waals surface area contributed by atoms with Gasteiger partial charge in [0.05, 0.1) is 0 Å². The summed E-state index contributed by atoms with van der Waals surface area (Å²) in [7, 11) is 2.26. The summed E-state index contributed by atoms with van der Waals surface area (Å²) in [6.45, 7) is 5.78. The average Bonchev–Trinajstić information content (AvgIpc) is 2.22. The van der Waals surface area contributed by atoms with E-state index in [0.717, 1.165) is 17.3 Å². The number of halogens is 1. The lowest BCUT2D eigenvalue weighted by atomic mass is 10.1. The van der Waals surface area contributed by atoms with E-state index in [2.05, 4.69) is 48.0 Å². The van der Waals surface area contributed by atoms with Crippen LogP contribution < -0.4 is 0 Å². The molecule has 0 aliphatic carbocycles. The fraction of sp³-hybridized carbons (Fsp3) is 1.00. The van der Waals surface area contributed by atoms with Gasteiger partial charge in [0.1, 0.15) is 0 Å². The molecule has 0 bridgehead atoms. The third kappa shape index (κ3) is 5.62. The maximum absolute atomic E-state index is 3.58. The Bertz CT molecular complexity index is 128. The third-order valence-corrected chi connectivity index (χ3v) is 4.43. The highest BCUT2D eigenvalue weighted by Gasteiger charge is 2.15. The van der Waals surface area contributed by atoms with E-state index < -0.39 is 0 Å². The van der Waals surface area contributed by atoms with Crippen LogP contribution in [-0.2, 0) is 0 Å². The number of hydrogen-bond acceptors (Lipinski definition) is 2. The Kier molecular flexibility index (Phi) is 9.56. The molecule has 0 saturated heterocycles. The van der Waals surface area contributed by atoms with Gasteiger partial charge in [-0.3, -0.25) is 0 Å². The second-order valence-electron chi connectivity index (χ2n) is 3.89. The Morgan fingerprint density at radius 3 is 2.29 bits per heavy atom. The largest absolute Gasteiger partial charge is 0.302 e. The first kappa shape index (κ1) is 14.8. The zero-order chi connectivity index (χ0) is 11.0. The molecule has 0 fully saturated rings. The normalized spacial score (nSPS) is 15.9. The molecule has 0 N–H and O–H groups in total. The molecule has 0 amide bonds. The second kappa shape index (κ2) is 9.05.